The molecule has 0 spiro atoms. The van der Waals surface area contributed by atoms with Crippen molar-refractivity contribution in [3.05, 3.63) is 105 Å². The van der Waals surface area contributed by atoms with Crippen LogP contribution in [0.15, 0.2) is 78.5 Å². The summed E-state index contributed by atoms with van der Waals surface area (Å²) in [7, 11) is 0. The van der Waals surface area contributed by atoms with Gasteiger partial charge in [-0.2, -0.15) is 0 Å². The van der Waals surface area contributed by atoms with Gasteiger partial charge >= 0.3 is 0 Å². The Balaban J connectivity index is 1.79. The largest absolute Gasteiger partial charge is 0.507 e. The summed E-state index contributed by atoms with van der Waals surface area (Å²) in [5.41, 5.74) is 3.36. The van der Waals surface area contributed by atoms with Crippen LogP contribution in [0.25, 0.3) is 16.7 Å². The second kappa shape index (κ2) is 8.10. The molecule has 0 radical (unpaired) electrons. The van der Waals surface area contributed by atoms with Gasteiger partial charge in [0.2, 0.25) is 0 Å². The second-order valence-electron chi connectivity index (χ2n) is 7.93. The molecule has 164 valence electrons. The van der Waals surface area contributed by atoms with Crippen molar-refractivity contribution < 1.29 is 14.7 Å². The predicted octanol–water partition coefficient (Wildman–Crippen LogP) is 6.41. The fourth-order valence-corrected chi connectivity index (χ4v) is 4.59. The van der Waals surface area contributed by atoms with Crippen molar-refractivity contribution in [2.75, 3.05) is 4.90 Å². The number of aromatic nitrogens is 1. The predicted molar refractivity (Wildman–Crippen MR) is 131 cm³/mol. The lowest BCUT2D eigenvalue weighted by molar-refractivity contribution is -0.132. The Morgan fingerprint density at radius 2 is 1.76 bits per heavy atom. The topological polar surface area (TPSA) is 73.4 Å². The molecule has 4 aromatic rings. The number of Topliss-reactive ketones (excluding diaryl/α,β-unsaturated/α-hetero) is 1. The maximum atomic E-state index is 13.3. The van der Waals surface area contributed by atoms with Crippen LogP contribution in [0.4, 0.5) is 5.69 Å². The number of nitrogens with zero attached hydrogens (tertiary/aromatic N) is 1. The molecular formula is C26H18Cl2N2O3. The van der Waals surface area contributed by atoms with Crippen LogP contribution >= 0.6 is 23.2 Å². The number of anilines is 1. The van der Waals surface area contributed by atoms with E-state index in [9.17, 15) is 14.7 Å². The second-order valence-corrected chi connectivity index (χ2v) is 8.74. The summed E-state index contributed by atoms with van der Waals surface area (Å²) in [6.07, 6.45) is 1.77. The lowest BCUT2D eigenvalue weighted by Gasteiger charge is -2.25. The fourth-order valence-electron chi connectivity index (χ4n) is 4.29. The van der Waals surface area contributed by atoms with Crippen LogP contribution in [0, 0.1) is 6.92 Å². The third-order valence-electron chi connectivity index (χ3n) is 5.83. The molecule has 0 saturated carbocycles. The van der Waals surface area contributed by atoms with Crippen molar-refractivity contribution in [3.8, 4) is 0 Å². The summed E-state index contributed by atoms with van der Waals surface area (Å²) in [4.78, 5) is 31.2. The van der Waals surface area contributed by atoms with Crippen LogP contribution in [0.2, 0.25) is 10.0 Å². The molecule has 1 aromatic heterocycles. The Hall–Kier alpha value is -3.54. The molecule has 1 unspecified atom stereocenters. The third-order valence-corrected chi connectivity index (χ3v) is 6.57. The first-order chi connectivity index (χ1) is 15.9. The van der Waals surface area contributed by atoms with Gasteiger partial charge in [0.15, 0.2) is 0 Å². The molecule has 5 nitrogen and oxygen atoms in total. The van der Waals surface area contributed by atoms with Crippen LogP contribution in [0.3, 0.4) is 0 Å². The quantitative estimate of drug-likeness (QED) is 0.204. The van der Waals surface area contributed by atoms with E-state index in [1.807, 2.05) is 49.4 Å². The van der Waals surface area contributed by atoms with Crippen LogP contribution in [0.1, 0.15) is 22.7 Å². The van der Waals surface area contributed by atoms with Gasteiger partial charge in [0, 0.05) is 33.9 Å². The van der Waals surface area contributed by atoms with Crippen LogP contribution in [-0.4, -0.2) is 21.8 Å². The number of nitrogens with one attached hydrogen (secondary N) is 1. The average Bonchev–Trinajstić information content (AvgIpc) is 3.34. The Labute approximate surface area is 199 Å². The normalized spacial score (nSPS) is 17.8. The van der Waals surface area contributed by atoms with E-state index in [-0.39, 0.29) is 16.4 Å². The monoisotopic (exact) mass is 476 g/mol. The van der Waals surface area contributed by atoms with Crippen molar-refractivity contribution in [1.82, 2.24) is 4.98 Å². The summed E-state index contributed by atoms with van der Waals surface area (Å²) in [5, 5.41) is 12.7. The van der Waals surface area contributed by atoms with E-state index < -0.39 is 17.7 Å². The lowest BCUT2D eigenvalue weighted by Crippen LogP contribution is -2.29. The molecule has 0 aliphatic carbocycles. The highest BCUT2D eigenvalue weighted by molar-refractivity contribution is 6.52. The molecule has 2 N–H and O–H groups in total. The number of benzene rings is 3. The van der Waals surface area contributed by atoms with Crippen molar-refractivity contribution >= 4 is 57.2 Å². The Kier molecular flexibility index (Phi) is 5.23. The number of H-pyrrole nitrogens is 1. The molecule has 1 atom stereocenters. The molecule has 0 bridgehead atoms. The van der Waals surface area contributed by atoms with Gasteiger partial charge < -0.3 is 10.1 Å². The zero-order valence-corrected chi connectivity index (χ0v) is 19.0. The van der Waals surface area contributed by atoms with E-state index in [2.05, 4.69) is 4.98 Å². The number of fused-ring (bicyclic) bond motifs is 1. The SMILES string of the molecule is Cc1cccc(N2C(=O)C(=O)/C(=C(/O)c3ccc(Cl)c(Cl)c3)C2c2c[nH]c3ccccc23)c1. The molecule has 5 rings (SSSR count). The van der Waals surface area contributed by atoms with Crippen LogP contribution < -0.4 is 4.90 Å². The van der Waals surface area contributed by atoms with Gasteiger partial charge in [-0.05, 0) is 48.9 Å². The molecule has 1 aliphatic rings. The molecule has 1 saturated heterocycles. The summed E-state index contributed by atoms with van der Waals surface area (Å²) in [5.74, 6) is -1.79. The van der Waals surface area contributed by atoms with Gasteiger partial charge in [0.25, 0.3) is 11.7 Å². The lowest BCUT2D eigenvalue weighted by atomic mass is 9.94. The number of aryl methyl sites for hydroxylation is 1. The highest BCUT2D eigenvalue weighted by Gasteiger charge is 2.47. The van der Waals surface area contributed by atoms with E-state index >= 15 is 0 Å². The maximum Gasteiger partial charge on any atom is 0.300 e. The van der Waals surface area contributed by atoms with E-state index in [4.69, 9.17) is 23.2 Å². The molecule has 1 aliphatic heterocycles. The summed E-state index contributed by atoms with van der Waals surface area (Å²) in [6, 6.07) is 18.7. The molecule has 1 amide bonds. The fraction of sp³-hybridized carbons (Fsp3) is 0.0769. The number of rotatable bonds is 3. The average molecular weight is 477 g/mol. The van der Waals surface area contributed by atoms with Crippen LogP contribution in [0.5, 0.6) is 0 Å². The number of aromatic amines is 1. The molecule has 2 heterocycles. The Morgan fingerprint density at radius 1 is 0.970 bits per heavy atom. The zero-order chi connectivity index (χ0) is 23.3. The molecule has 3 aromatic carbocycles. The number of carbonyl (C=O) groups excluding carboxylic acids is 2. The molecular weight excluding hydrogens is 459 g/mol. The van der Waals surface area contributed by atoms with Gasteiger partial charge in [-0.15, -0.1) is 0 Å². The zero-order valence-electron chi connectivity index (χ0n) is 17.5. The Morgan fingerprint density at radius 3 is 2.52 bits per heavy atom. The molecule has 7 heteroatoms. The Bertz CT molecular complexity index is 1470. The minimum absolute atomic E-state index is 0.00958. The summed E-state index contributed by atoms with van der Waals surface area (Å²) < 4.78 is 0. The third kappa shape index (κ3) is 3.50. The number of hydrogen-bond donors (Lipinski definition) is 2. The van der Waals surface area contributed by atoms with Crippen LogP contribution in [-0.2, 0) is 9.59 Å². The first-order valence-corrected chi connectivity index (χ1v) is 11.0. The number of ketones is 1. The number of aliphatic hydroxyl groups excluding tert-OH is 1. The van der Waals surface area contributed by atoms with Gasteiger partial charge in [-0.25, -0.2) is 0 Å². The number of halogens is 2. The van der Waals surface area contributed by atoms with Crippen molar-refractivity contribution in [2.45, 2.75) is 13.0 Å². The number of carbonyl (C=O) groups is 2. The smallest absolute Gasteiger partial charge is 0.300 e. The minimum Gasteiger partial charge on any atom is -0.507 e. The van der Waals surface area contributed by atoms with Crippen molar-refractivity contribution in [2.24, 2.45) is 0 Å². The van der Waals surface area contributed by atoms with Gasteiger partial charge in [-0.3, -0.25) is 14.5 Å². The van der Waals surface area contributed by atoms with Gasteiger partial charge in [0.05, 0.1) is 21.7 Å². The maximum absolute atomic E-state index is 13.3. The highest BCUT2D eigenvalue weighted by Crippen LogP contribution is 2.44. The first-order valence-electron chi connectivity index (χ1n) is 10.3. The highest BCUT2D eigenvalue weighted by atomic mass is 35.5. The molecule has 33 heavy (non-hydrogen) atoms. The standard InChI is InChI=1S/C26H18Cl2N2O3/c1-14-5-4-6-16(11-14)30-23(18-13-29-21-8-3-2-7-17(18)21)22(25(32)26(30)33)24(31)15-9-10-19(27)20(28)12-15/h2-13,23,29,31H,1H3/b24-22+. The number of amides is 1. The van der Waals surface area contributed by atoms with E-state index in [1.54, 1.807) is 18.3 Å². The van der Waals surface area contributed by atoms with Gasteiger partial charge in [0.1, 0.15) is 5.76 Å². The number of hydrogen-bond acceptors (Lipinski definition) is 3. The number of para-hydroxylation sites is 1. The first kappa shape index (κ1) is 21.3. The van der Waals surface area contributed by atoms with E-state index in [0.717, 1.165) is 16.5 Å². The van der Waals surface area contributed by atoms with E-state index in [1.165, 1.54) is 17.0 Å². The van der Waals surface area contributed by atoms with E-state index in [0.29, 0.717) is 21.8 Å². The van der Waals surface area contributed by atoms with Crippen molar-refractivity contribution in [3.63, 3.8) is 0 Å². The summed E-state index contributed by atoms with van der Waals surface area (Å²) in [6.45, 7) is 1.91. The van der Waals surface area contributed by atoms with Crippen molar-refractivity contribution in [1.29, 1.82) is 0 Å². The molecule has 1 fully saturated rings. The summed E-state index contributed by atoms with van der Waals surface area (Å²) >= 11 is 12.2. The minimum atomic E-state index is -0.836. The van der Waals surface area contributed by atoms with Gasteiger partial charge in [-0.1, -0.05) is 53.5 Å². The number of aliphatic hydroxyl groups is 1.